The van der Waals surface area contributed by atoms with Crippen molar-refractivity contribution in [2.75, 3.05) is 0 Å². The monoisotopic (exact) mass is 438 g/mol. The molecule has 5 heteroatoms. The van der Waals surface area contributed by atoms with Crippen molar-refractivity contribution >= 4 is 17.3 Å². The second-order valence-electron chi connectivity index (χ2n) is 9.45. The Morgan fingerprint density at radius 1 is 0.909 bits per heavy atom. The van der Waals surface area contributed by atoms with Gasteiger partial charge >= 0.3 is 0 Å². The molecule has 33 heavy (non-hydrogen) atoms. The smallest absolute Gasteiger partial charge is 0.287 e. The molecule has 0 fully saturated rings. The van der Waals surface area contributed by atoms with E-state index in [-0.39, 0.29) is 11.3 Å². The van der Waals surface area contributed by atoms with E-state index in [2.05, 4.69) is 78.2 Å². The number of benzene rings is 3. The molecule has 0 atom stereocenters. The third-order valence-electron chi connectivity index (χ3n) is 6.10. The molecule has 2 N–H and O–H groups in total. The molecule has 0 aliphatic carbocycles. The predicted molar refractivity (Wildman–Crippen MR) is 134 cm³/mol. The third-order valence-corrected chi connectivity index (χ3v) is 6.10. The molecular formula is C28H30N4O. The Kier molecular flexibility index (Phi) is 6.14. The summed E-state index contributed by atoms with van der Waals surface area (Å²) in [5.74, 6) is -0.304. The lowest BCUT2D eigenvalue weighted by atomic mass is 9.80. The number of carbonyl (C=O) groups is 1. The van der Waals surface area contributed by atoms with Gasteiger partial charge < -0.3 is 0 Å². The Bertz CT molecular complexity index is 1130. The lowest BCUT2D eigenvalue weighted by Crippen LogP contribution is -2.38. The van der Waals surface area contributed by atoms with Gasteiger partial charge in [-0.3, -0.25) is 10.2 Å². The number of carbonyl (C=O) groups excluding carboxylic acids is 1. The lowest BCUT2D eigenvalue weighted by Gasteiger charge is -2.30. The molecule has 3 aromatic rings. The van der Waals surface area contributed by atoms with E-state index in [1.165, 1.54) is 5.56 Å². The Labute approximate surface area is 195 Å². The van der Waals surface area contributed by atoms with Gasteiger partial charge in [-0.2, -0.15) is 10.2 Å². The Morgan fingerprint density at radius 3 is 1.97 bits per heavy atom. The van der Waals surface area contributed by atoms with Crippen LogP contribution in [-0.4, -0.2) is 17.3 Å². The van der Waals surface area contributed by atoms with Crippen molar-refractivity contribution < 1.29 is 4.79 Å². The van der Waals surface area contributed by atoms with Crippen LogP contribution in [-0.2, 0) is 15.7 Å². The van der Waals surface area contributed by atoms with Crippen LogP contribution in [0.1, 0.15) is 56.4 Å². The first-order valence-electron chi connectivity index (χ1n) is 11.2. The number of rotatable bonds is 5. The summed E-state index contributed by atoms with van der Waals surface area (Å²) in [4.78, 5) is 12.9. The lowest BCUT2D eigenvalue weighted by molar-refractivity contribution is -0.114. The van der Waals surface area contributed by atoms with Gasteiger partial charge in [0.15, 0.2) is 0 Å². The molecule has 5 nitrogen and oxygen atoms in total. The van der Waals surface area contributed by atoms with E-state index in [9.17, 15) is 4.79 Å². The normalized spacial score (nSPS) is 15.5. The molecule has 1 heterocycles. The number of hydrogen-bond donors (Lipinski definition) is 2. The number of amides is 1. The zero-order valence-electron chi connectivity index (χ0n) is 19.6. The summed E-state index contributed by atoms with van der Waals surface area (Å²) in [5.41, 5.74) is 10.9. The van der Waals surface area contributed by atoms with Crippen LogP contribution in [0.25, 0.3) is 0 Å². The molecule has 1 amide bonds. The highest BCUT2D eigenvalue weighted by atomic mass is 16.2. The minimum absolute atomic E-state index is 0.0927. The fourth-order valence-electron chi connectivity index (χ4n) is 4.04. The van der Waals surface area contributed by atoms with Crippen LogP contribution in [0, 0.1) is 0 Å². The maximum atomic E-state index is 12.9. The maximum Gasteiger partial charge on any atom is 0.287 e. The Balaban J connectivity index is 1.50. The molecule has 0 saturated heterocycles. The van der Waals surface area contributed by atoms with Gasteiger partial charge in [-0.15, -0.1) is 0 Å². The third kappa shape index (κ3) is 4.72. The molecule has 0 bridgehead atoms. The highest BCUT2D eigenvalue weighted by molar-refractivity contribution is 6.39. The minimum Gasteiger partial charge on any atom is -0.294 e. The molecule has 0 aromatic heterocycles. The average Bonchev–Trinajstić information content (AvgIpc) is 3.30. The maximum absolute atomic E-state index is 12.9. The molecule has 3 aromatic carbocycles. The van der Waals surface area contributed by atoms with Gasteiger partial charge in [0, 0.05) is 6.42 Å². The van der Waals surface area contributed by atoms with E-state index >= 15 is 0 Å². The molecule has 1 aliphatic heterocycles. The topological polar surface area (TPSA) is 65.8 Å². The van der Waals surface area contributed by atoms with Crippen LogP contribution >= 0.6 is 0 Å². The summed E-state index contributed by atoms with van der Waals surface area (Å²) in [6, 6.07) is 28.5. The quantitative estimate of drug-likeness (QED) is 0.429. The van der Waals surface area contributed by atoms with Crippen molar-refractivity contribution in [1.29, 1.82) is 0 Å². The van der Waals surface area contributed by atoms with Crippen molar-refractivity contribution in [2.45, 2.75) is 45.1 Å². The van der Waals surface area contributed by atoms with Crippen molar-refractivity contribution in [2.24, 2.45) is 10.2 Å². The van der Waals surface area contributed by atoms with E-state index in [4.69, 9.17) is 0 Å². The highest BCUT2D eigenvalue weighted by Crippen LogP contribution is 2.36. The minimum atomic E-state index is -0.587. The fourth-order valence-corrected chi connectivity index (χ4v) is 4.04. The molecule has 0 radical (unpaired) electrons. The van der Waals surface area contributed by atoms with Gasteiger partial charge in [-0.1, -0.05) is 106 Å². The number of hydrazone groups is 2. The van der Waals surface area contributed by atoms with E-state index in [0.29, 0.717) is 12.1 Å². The number of hydrogen-bond acceptors (Lipinski definition) is 4. The first-order chi connectivity index (χ1) is 15.8. The van der Waals surface area contributed by atoms with Gasteiger partial charge in [0.1, 0.15) is 11.3 Å². The highest BCUT2D eigenvalue weighted by Gasteiger charge is 2.41. The Morgan fingerprint density at radius 2 is 1.45 bits per heavy atom. The van der Waals surface area contributed by atoms with E-state index in [1.54, 1.807) is 0 Å². The van der Waals surface area contributed by atoms with Gasteiger partial charge in [0.05, 0.1) is 5.71 Å². The molecule has 0 unspecified atom stereocenters. The summed E-state index contributed by atoms with van der Waals surface area (Å²) >= 11 is 0. The van der Waals surface area contributed by atoms with Gasteiger partial charge in [-0.25, -0.2) is 5.43 Å². The van der Waals surface area contributed by atoms with Crippen molar-refractivity contribution in [3.63, 3.8) is 0 Å². The second-order valence-corrected chi connectivity index (χ2v) is 9.45. The van der Waals surface area contributed by atoms with Crippen LogP contribution in [0.2, 0.25) is 0 Å². The van der Waals surface area contributed by atoms with Crippen LogP contribution in [0.3, 0.4) is 0 Å². The fraction of sp³-hybridized carbons (Fsp3) is 0.250. The van der Waals surface area contributed by atoms with E-state index < -0.39 is 5.54 Å². The predicted octanol–water partition coefficient (Wildman–Crippen LogP) is 5.12. The SMILES string of the molecule is CC(=NNC(=O)C1=NNC(c2ccccc2)(c2ccccc2)C1)c1ccc(C(C)(C)C)cc1. The molecule has 0 saturated carbocycles. The zero-order chi connectivity index (χ0) is 23.5. The average molecular weight is 439 g/mol. The van der Waals surface area contributed by atoms with Crippen molar-refractivity contribution in [1.82, 2.24) is 10.9 Å². The Hall–Kier alpha value is -3.73. The summed E-state index contributed by atoms with van der Waals surface area (Å²) in [6.07, 6.45) is 0.432. The summed E-state index contributed by atoms with van der Waals surface area (Å²) in [5, 5.41) is 8.75. The van der Waals surface area contributed by atoms with Crippen LogP contribution in [0.15, 0.2) is 95.1 Å². The van der Waals surface area contributed by atoms with Gasteiger partial charge in [0.25, 0.3) is 5.91 Å². The molecule has 1 aliphatic rings. The zero-order valence-corrected chi connectivity index (χ0v) is 19.6. The van der Waals surface area contributed by atoms with Gasteiger partial charge in [-0.05, 0) is 34.6 Å². The van der Waals surface area contributed by atoms with Crippen LogP contribution in [0.4, 0.5) is 0 Å². The number of nitrogens with one attached hydrogen (secondary N) is 2. The van der Waals surface area contributed by atoms with Crippen molar-refractivity contribution in [3.05, 3.63) is 107 Å². The van der Waals surface area contributed by atoms with E-state index in [1.807, 2.05) is 55.5 Å². The standard InChI is InChI=1S/C28H30N4O/c1-20(21-15-17-22(18-16-21)27(2,3)4)29-31-26(33)25-19-28(32-30-25,23-11-7-5-8-12-23)24-13-9-6-10-14-24/h5-18,32H,19H2,1-4H3,(H,31,33). The molecule has 4 rings (SSSR count). The van der Waals surface area contributed by atoms with Crippen LogP contribution < -0.4 is 10.9 Å². The van der Waals surface area contributed by atoms with Crippen LogP contribution in [0.5, 0.6) is 0 Å². The van der Waals surface area contributed by atoms with Crippen molar-refractivity contribution in [3.8, 4) is 0 Å². The molecule has 168 valence electrons. The molecule has 0 spiro atoms. The first kappa shape index (κ1) is 22.5. The van der Waals surface area contributed by atoms with E-state index in [0.717, 1.165) is 22.4 Å². The summed E-state index contributed by atoms with van der Waals surface area (Å²) in [6.45, 7) is 8.44. The second kappa shape index (κ2) is 9.02. The molecular weight excluding hydrogens is 408 g/mol. The largest absolute Gasteiger partial charge is 0.294 e. The first-order valence-corrected chi connectivity index (χ1v) is 11.2. The summed E-state index contributed by atoms with van der Waals surface area (Å²) in [7, 11) is 0. The number of nitrogens with zero attached hydrogens (tertiary/aromatic N) is 2. The summed E-state index contributed by atoms with van der Waals surface area (Å²) < 4.78 is 0. The van der Waals surface area contributed by atoms with Gasteiger partial charge in [0.2, 0.25) is 0 Å².